The van der Waals surface area contributed by atoms with Crippen molar-refractivity contribution in [2.24, 2.45) is 5.41 Å². The summed E-state index contributed by atoms with van der Waals surface area (Å²) in [6.45, 7) is 0. The van der Waals surface area contributed by atoms with Crippen molar-refractivity contribution in [2.75, 3.05) is 0 Å². The molecule has 0 aromatic heterocycles. The van der Waals surface area contributed by atoms with E-state index in [-0.39, 0.29) is 5.41 Å². The summed E-state index contributed by atoms with van der Waals surface area (Å²) < 4.78 is 1.10. The van der Waals surface area contributed by atoms with Crippen molar-refractivity contribution >= 4 is 22.2 Å². The molecular formula is C13H15BrO. The molecule has 1 fully saturated rings. The number of aldehydes is 1. The topological polar surface area (TPSA) is 17.1 Å². The molecule has 0 radical (unpaired) electrons. The van der Waals surface area contributed by atoms with Crippen LogP contribution in [0.3, 0.4) is 0 Å². The Kier molecular flexibility index (Phi) is 3.25. The first-order valence-corrected chi connectivity index (χ1v) is 6.24. The third kappa shape index (κ3) is 2.49. The quantitative estimate of drug-likeness (QED) is 0.762. The standard InChI is InChI=1S/C13H15BrO/c14-12-5-3-4-11(8-12)9-13(10-15)6-1-2-7-13/h3-5,8,10H,1-2,6-7,9H2. The average molecular weight is 267 g/mol. The van der Waals surface area contributed by atoms with Crippen molar-refractivity contribution in [3.63, 3.8) is 0 Å². The molecule has 0 bridgehead atoms. The van der Waals surface area contributed by atoms with Crippen LogP contribution in [0.4, 0.5) is 0 Å². The summed E-state index contributed by atoms with van der Waals surface area (Å²) in [5.74, 6) is 0. The first kappa shape index (κ1) is 10.9. The van der Waals surface area contributed by atoms with Crippen LogP contribution in [0.15, 0.2) is 28.7 Å². The van der Waals surface area contributed by atoms with Crippen LogP contribution in [0.25, 0.3) is 0 Å². The first-order chi connectivity index (χ1) is 7.24. The lowest BCUT2D eigenvalue weighted by Gasteiger charge is -2.21. The summed E-state index contributed by atoms with van der Waals surface area (Å²) in [5.41, 5.74) is 1.19. The Morgan fingerprint density at radius 3 is 2.67 bits per heavy atom. The van der Waals surface area contributed by atoms with E-state index in [1.165, 1.54) is 24.7 Å². The Labute approximate surface area is 99.0 Å². The lowest BCUT2D eigenvalue weighted by Crippen LogP contribution is -2.21. The molecule has 1 aromatic carbocycles. The van der Waals surface area contributed by atoms with Gasteiger partial charge in [0.2, 0.25) is 0 Å². The molecule has 0 saturated heterocycles. The van der Waals surface area contributed by atoms with E-state index in [0.717, 1.165) is 23.7 Å². The van der Waals surface area contributed by atoms with Gasteiger partial charge in [0.15, 0.2) is 0 Å². The van der Waals surface area contributed by atoms with Gasteiger partial charge in [-0.05, 0) is 37.0 Å². The Balaban J connectivity index is 2.16. The van der Waals surface area contributed by atoms with Crippen LogP contribution in [0.2, 0.25) is 0 Å². The molecule has 1 aliphatic rings. The molecule has 0 N–H and O–H groups in total. The number of carbonyl (C=O) groups excluding carboxylic acids is 1. The second-order valence-electron chi connectivity index (χ2n) is 4.49. The Bertz CT molecular complexity index is 353. The van der Waals surface area contributed by atoms with Gasteiger partial charge in [0.25, 0.3) is 0 Å². The predicted molar refractivity (Wildman–Crippen MR) is 64.8 cm³/mol. The van der Waals surface area contributed by atoms with Gasteiger partial charge in [0, 0.05) is 9.89 Å². The molecule has 2 heteroatoms. The third-order valence-corrected chi connectivity index (χ3v) is 3.79. The van der Waals surface area contributed by atoms with Gasteiger partial charge in [0.05, 0.1) is 0 Å². The van der Waals surface area contributed by atoms with Gasteiger partial charge in [-0.3, -0.25) is 0 Å². The molecule has 0 amide bonds. The number of rotatable bonds is 3. The average Bonchev–Trinajstić information content (AvgIpc) is 2.67. The molecule has 15 heavy (non-hydrogen) atoms. The van der Waals surface area contributed by atoms with E-state index in [0.29, 0.717) is 0 Å². The van der Waals surface area contributed by atoms with Gasteiger partial charge in [0.1, 0.15) is 6.29 Å². The van der Waals surface area contributed by atoms with Crippen molar-refractivity contribution in [2.45, 2.75) is 32.1 Å². The fourth-order valence-corrected chi connectivity index (χ4v) is 2.92. The Hall–Kier alpha value is -0.630. The lowest BCUT2D eigenvalue weighted by atomic mass is 9.81. The molecule has 1 saturated carbocycles. The summed E-state index contributed by atoms with van der Waals surface area (Å²) in [6.07, 6.45) is 6.60. The lowest BCUT2D eigenvalue weighted by molar-refractivity contribution is -0.115. The molecule has 1 nitrogen and oxygen atoms in total. The third-order valence-electron chi connectivity index (χ3n) is 3.29. The largest absolute Gasteiger partial charge is 0.303 e. The molecule has 0 aliphatic heterocycles. The number of carbonyl (C=O) groups is 1. The summed E-state index contributed by atoms with van der Waals surface area (Å²) in [5, 5.41) is 0. The van der Waals surface area contributed by atoms with Gasteiger partial charge in [-0.1, -0.05) is 40.9 Å². The molecule has 0 spiro atoms. The molecule has 0 unspecified atom stereocenters. The van der Waals surface area contributed by atoms with Crippen LogP contribution in [0.5, 0.6) is 0 Å². The van der Waals surface area contributed by atoms with Gasteiger partial charge >= 0.3 is 0 Å². The van der Waals surface area contributed by atoms with E-state index >= 15 is 0 Å². The maximum Gasteiger partial charge on any atom is 0.126 e. The van der Waals surface area contributed by atoms with Gasteiger partial charge in [-0.25, -0.2) is 0 Å². The minimum absolute atomic E-state index is 0.0687. The van der Waals surface area contributed by atoms with E-state index in [1.54, 1.807) is 0 Å². The van der Waals surface area contributed by atoms with Crippen molar-refractivity contribution < 1.29 is 4.79 Å². The zero-order valence-electron chi connectivity index (χ0n) is 8.71. The second kappa shape index (κ2) is 4.48. The Morgan fingerprint density at radius 2 is 2.07 bits per heavy atom. The fourth-order valence-electron chi connectivity index (χ4n) is 2.47. The minimum atomic E-state index is -0.0687. The van der Waals surface area contributed by atoms with Crippen LogP contribution >= 0.6 is 15.9 Å². The van der Waals surface area contributed by atoms with Crippen LogP contribution < -0.4 is 0 Å². The van der Waals surface area contributed by atoms with E-state index in [1.807, 2.05) is 12.1 Å². The smallest absolute Gasteiger partial charge is 0.126 e. The number of hydrogen-bond acceptors (Lipinski definition) is 1. The van der Waals surface area contributed by atoms with Crippen LogP contribution in [0, 0.1) is 5.41 Å². The number of hydrogen-bond donors (Lipinski definition) is 0. The highest BCUT2D eigenvalue weighted by Gasteiger charge is 2.33. The van der Waals surface area contributed by atoms with Crippen LogP contribution in [-0.4, -0.2) is 6.29 Å². The summed E-state index contributed by atoms with van der Waals surface area (Å²) in [7, 11) is 0. The molecule has 0 heterocycles. The predicted octanol–water partition coefficient (Wildman–Crippen LogP) is 3.75. The zero-order valence-corrected chi connectivity index (χ0v) is 10.3. The van der Waals surface area contributed by atoms with E-state index in [9.17, 15) is 4.79 Å². The number of benzene rings is 1. The van der Waals surface area contributed by atoms with Gasteiger partial charge in [-0.15, -0.1) is 0 Å². The van der Waals surface area contributed by atoms with Crippen molar-refractivity contribution in [1.82, 2.24) is 0 Å². The highest BCUT2D eigenvalue weighted by Crippen LogP contribution is 2.39. The van der Waals surface area contributed by atoms with Crippen LogP contribution in [-0.2, 0) is 11.2 Å². The van der Waals surface area contributed by atoms with Crippen LogP contribution in [0.1, 0.15) is 31.2 Å². The SMILES string of the molecule is O=CC1(Cc2cccc(Br)c2)CCCC1. The van der Waals surface area contributed by atoms with E-state index < -0.39 is 0 Å². The summed E-state index contributed by atoms with van der Waals surface area (Å²) in [6, 6.07) is 8.27. The highest BCUT2D eigenvalue weighted by molar-refractivity contribution is 9.10. The Morgan fingerprint density at radius 1 is 1.33 bits per heavy atom. The molecule has 80 valence electrons. The van der Waals surface area contributed by atoms with Crippen molar-refractivity contribution in [3.8, 4) is 0 Å². The second-order valence-corrected chi connectivity index (χ2v) is 5.41. The molecule has 1 aliphatic carbocycles. The summed E-state index contributed by atoms with van der Waals surface area (Å²) in [4.78, 5) is 11.2. The molecular weight excluding hydrogens is 252 g/mol. The monoisotopic (exact) mass is 266 g/mol. The first-order valence-electron chi connectivity index (χ1n) is 5.45. The zero-order chi connectivity index (χ0) is 10.7. The minimum Gasteiger partial charge on any atom is -0.303 e. The maximum absolute atomic E-state index is 11.2. The molecule has 0 atom stereocenters. The van der Waals surface area contributed by atoms with E-state index in [2.05, 4.69) is 28.1 Å². The fraction of sp³-hybridized carbons (Fsp3) is 0.462. The normalized spacial score (nSPS) is 19.0. The van der Waals surface area contributed by atoms with E-state index in [4.69, 9.17) is 0 Å². The highest BCUT2D eigenvalue weighted by atomic mass is 79.9. The molecule has 1 aromatic rings. The van der Waals surface area contributed by atoms with Gasteiger partial charge in [-0.2, -0.15) is 0 Å². The summed E-state index contributed by atoms with van der Waals surface area (Å²) >= 11 is 3.46. The number of halogens is 1. The molecule has 2 rings (SSSR count). The maximum atomic E-state index is 11.2. The van der Waals surface area contributed by atoms with Crippen molar-refractivity contribution in [1.29, 1.82) is 0 Å². The van der Waals surface area contributed by atoms with Gasteiger partial charge < -0.3 is 4.79 Å². The van der Waals surface area contributed by atoms with Crippen molar-refractivity contribution in [3.05, 3.63) is 34.3 Å².